The third-order valence-corrected chi connectivity index (χ3v) is 2.18. The number of pyridine rings is 1. The zero-order valence-corrected chi connectivity index (χ0v) is 8.25. The highest BCUT2D eigenvalue weighted by Gasteiger charge is 2.04. The molecule has 1 aromatic carbocycles. The van der Waals surface area contributed by atoms with Crippen molar-refractivity contribution >= 4 is 0 Å². The van der Waals surface area contributed by atoms with E-state index in [0.29, 0.717) is 11.3 Å². The van der Waals surface area contributed by atoms with E-state index in [1.54, 1.807) is 18.2 Å². The number of halogens is 1. The third kappa shape index (κ3) is 1.96. The van der Waals surface area contributed by atoms with Crippen LogP contribution in [0.3, 0.4) is 0 Å². The summed E-state index contributed by atoms with van der Waals surface area (Å²) in [6.07, 6.45) is 0. The molecule has 0 amide bonds. The highest BCUT2D eigenvalue weighted by atomic mass is 19.1. The lowest BCUT2D eigenvalue weighted by molar-refractivity contribution is 0.629. The lowest BCUT2D eigenvalue weighted by atomic mass is 10.1. The van der Waals surface area contributed by atoms with E-state index in [1.165, 1.54) is 12.1 Å². The van der Waals surface area contributed by atoms with Gasteiger partial charge >= 0.3 is 0 Å². The molecule has 2 nitrogen and oxygen atoms in total. The number of hydrogen-bond donors (Lipinski definition) is 1. The molecule has 0 saturated carbocycles. The first-order valence-corrected chi connectivity index (χ1v) is 4.63. The van der Waals surface area contributed by atoms with Crippen LogP contribution < -0.4 is 5.56 Å². The van der Waals surface area contributed by atoms with E-state index in [1.807, 2.05) is 13.0 Å². The molecule has 0 aliphatic carbocycles. The Morgan fingerprint density at radius 1 is 1.20 bits per heavy atom. The van der Waals surface area contributed by atoms with Gasteiger partial charge in [-0.2, -0.15) is 0 Å². The number of aryl methyl sites for hydroxylation is 1. The molecule has 15 heavy (non-hydrogen) atoms. The van der Waals surface area contributed by atoms with Gasteiger partial charge in [-0.15, -0.1) is 0 Å². The normalized spacial score (nSPS) is 10.3. The average molecular weight is 203 g/mol. The van der Waals surface area contributed by atoms with Gasteiger partial charge in [0.05, 0.1) is 5.69 Å². The summed E-state index contributed by atoms with van der Waals surface area (Å²) in [5, 5.41) is 0. The smallest absolute Gasteiger partial charge is 0.248 e. The topological polar surface area (TPSA) is 32.9 Å². The fourth-order valence-corrected chi connectivity index (χ4v) is 1.44. The second-order valence-corrected chi connectivity index (χ2v) is 3.41. The van der Waals surface area contributed by atoms with Gasteiger partial charge in [-0.25, -0.2) is 4.39 Å². The van der Waals surface area contributed by atoms with Crippen molar-refractivity contribution in [3.8, 4) is 11.3 Å². The van der Waals surface area contributed by atoms with Crippen LogP contribution >= 0.6 is 0 Å². The van der Waals surface area contributed by atoms with Crippen molar-refractivity contribution in [2.24, 2.45) is 0 Å². The molecule has 0 fully saturated rings. The number of H-pyrrole nitrogens is 1. The summed E-state index contributed by atoms with van der Waals surface area (Å²) < 4.78 is 13.5. The van der Waals surface area contributed by atoms with Gasteiger partial charge < -0.3 is 4.98 Å². The molecule has 0 spiro atoms. The Bertz CT molecular complexity index is 545. The molecule has 1 heterocycles. The molecule has 0 unspecified atom stereocenters. The van der Waals surface area contributed by atoms with Gasteiger partial charge in [0.15, 0.2) is 0 Å². The van der Waals surface area contributed by atoms with E-state index < -0.39 is 0 Å². The highest BCUT2D eigenvalue weighted by Crippen LogP contribution is 2.20. The molecule has 0 bridgehead atoms. The van der Waals surface area contributed by atoms with Gasteiger partial charge in [-0.3, -0.25) is 4.79 Å². The number of aromatic amines is 1. The molecule has 76 valence electrons. The molecule has 2 aromatic rings. The van der Waals surface area contributed by atoms with Crippen molar-refractivity contribution in [2.45, 2.75) is 6.92 Å². The van der Waals surface area contributed by atoms with Crippen molar-refractivity contribution < 1.29 is 4.39 Å². The van der Waals surface area contributed by atoms with Crippen molar-refractivity contribution in [3.05, 3.63) is 58.1 Å². The molecular formula is C12H10FNO. The number of aromatic nitrogens is 1. The predicted octanol–water partition coefficient (Wildman–Crippen LogP) is 2.49. The zero-order chi connectivity index (χ0) is 10.8. The molecular weight excluding hydrogens is 193 g/mol. The van der Waals surface area contributed by atoms with Gasteiger partial charge in [-0.05, 0) is 30.7 Å². The quantitative estimate of drug-likeness (QED) is 0.758. The molecule has 3 heteroatoms. The van der Waals surface area contributed by atoms with E-state index in [4.69, 9.17) is 0 Å². The Labute approximate surface area is 86.4 Å². The van der Waals surface area contributed by atoms with Crippen LogP contribution in [0.5, 0.6) is 0 Å². The number of rotatable bonds is 1. The van der Waals surface area contributed by atoms with Crippen molar-refractivity contribution in [1.29, 1.82) is 0 Å². The highest BCUT2D eigenvalue weighted by molar-refractivity contribution is 5.59. The average Bonchev–Trinajstić information content (AvgIpc) is 2.17. The maximum atomic E-state index is 13.5. The number of hydrogen-bond acceptors (Lipinski definition) is 1. The van der Waals surface area contributed by atoms with Gasteiger partial charge in [0.1, 0.15) is 5.82 Å². The first kappa shape index (κ1) is 9.65. The largest absolute Gasteiger partial charge is 0.322 e. The van der Waals surface area contributed by atoms with Gasteiger partial charge in [0.2, 0.25) is 5.56 Å². The van der Waals surface area contributed by atoms with Gasteiger partial charge in [0, 0.05) is 11.6 Å². The van der Waals surface area contributed by atoms with E-state index in [0.717, 1.165) is 5.56 Å². The number of nitrogens with one attached hydrogen (secondary N) is 1. The summed E-state index contributed by atoms with van der Waals surface area (Å²) in [5.41, 5.74) is 1.54. The first-order chi connectivity index (χ1) is 7.16. The monoisotopic (exact) mass is 203 g/mol. The maximum Gasteiger partial charge on any atom is 0.248 e. The second-order valence-electron chi connectivity index (χ2n) is 3.41. The predicted molar refractivity (Wildman–Crippen MR) is 57.2 cm³/mol. The zero-order valence-electron chi connectivity index (χ0n) is 8.25. The lowest BCUT2D eigenvalue weighted by Gasteiger charge is -2.03. The Morgan fingerprint density at radius 2 is 2.00 bits per heavy atom. The molecule has 1 N–H and O–H groups in total. The Kier molecular flexibility index (Phi) is 2.37. The summed E-state index contributed by atoms with van der Waals surface area (Å²) in [5.74, 6) is -0.322. The molecule has 0 aliphatic rings. The van der Waals surface area contributed by atoms with Crippen LogP contribution in [-0.2, 0) is 0 Å². The molecule has 2 rings (SSSR count). The van der Waals surface area contributed by atoms with Crippen molar-refractivity contribution in [3.63, 3.8) is 0 Å². The van der Waals surface area contributed by atoms with Crippen LogP contribution in [0, 0.1) is 12.7 Å². The van der Waals surface area contributed by atoms with Crippen LogP contribution in [0.25, 0.3) is 11.3 Å². The van der Waals surface area contributed by atoms with Crippen LogP contribution in [0.4, 0.5) is 4.39 Å². The Balaban J connectivity index is 2.59. The number of benzene rings is 1. The molecule has 0 aliphatic heterocycles. The van der Waals surface area contributed by atoms with Gasteiger partial charge in [-0.1, -0.05) is 12.1 Å². The molecule has 1 aromatic heterocycles. The third-order valence-electron chi connectivity index (χ3n) is 2.18. The summed E-state index contributed by atoms with van der Waals surface area (Å²) >= 11 is 0. The van der Waals surface area contributed by atoms with Crippen LogP contribution in [0.1, 0.15) is 5.56 Å². The van der Waals surface area contributed by atoms with E-state index >= 15 is 0 Å². The second kappa shape index (κ2) is 3.69. The molecule has 0 saturated heterocycles. The fourth-order valence-electron chi connectivity index (χ4n) is 1.44. The Morgan fingerprint density at radius 3 is 2.67 bits per heavy atom. The van der Waals surface area contributed by atoms with Gasteiger partial charge in [0.25, 0.3) is 0 Å². The van der Waals surface area contributed by atoms with Crippen molar-refractivity contribution in [2.75, 3.05) is 0 Å². The van der Waals surface area contributed by atoms with Crippen LogP contribution in [-0.4, -0.2) is 4.98 Å². The summed E-state index contributed by atoms with van der Waals surface area (Å²) in [6.45, 7) is 1.82. The fraction of sp³-hybridized carbons (Fsp3) is 0.0833. The van der Waals surface area contributed by atoms with E-state index in [9.17, 15) is 9.18 Å². The van der Waals surface area contributed by atoms with E-state index in [2.05, 4.69) is 4.98 Å². The lowest BCUT2D eigenvalue weighted by Crippen LogP contribution is -2.04. The minimum atomic E-state index is -0.322. The summed E-state index contributed by atoms with van der Waals surface area (Å²) in [7, 11) is 0. The first-order valence-electron chi connectivity index (χ1n) is 4.63. The summed E-state index contributed by atoms with van der Waals surface area (Å²) in [4.78, 5) is 13.7. The SMILES string of the molecule is Cc1ccc(-c2cccc(=O)[nH]2)c(F)c1. The maximum absolute atomic E-state index is 13.5. The standard InChI is InChI=1S/C12H10FNO/c1-8-5-6-9(10(13)7-8)11-3-2-4-12(15)14-11/h2-7H,1H3,(H,14,15). The summed E-state index contributed by atoms with van der Waals surface area (Å²) in [6, 6.07) is 9.60. The van der Waals surface area contributed by atoms with Crippen LogP contribution in [0.15, 0.2) is 41.2 Å². The Hall–Kier alpha value is -1.90. The van der Waals surface area contributed by atoms with Crippen LogP contribution in [0.2, 0.25) is 0 Å². The molecule has 0 atom stereocenters. The minimum absolute atomic E-state index is 0.229. The minimum Gasteiger partial charge on any atom is -0.322 e. The molecule has 0 radical (unpaired) electrons. The van der Waals surface area contributed by atoms with Crippen molar-refractivity contribution in [1.82, 2.24) is 4.98 Å². The van der Waals surface area contributed by atoms with E-state index in [-0.39, 0.29) is 11.4 Å².